The largest absolute Gasteiger partial charge is 0.491 e. The predicted octanol–water partition coefficient (Wildman–Crippen LogP) is 2.78. The minimum atomic E-state index is -0.153. The van der Waals surface area contributed by atoms with Crippen molar-refractivity contribution >= 4 is 22.0 Å². The molecule has 2 amide bonds. The standard InChI is InChI=1S/C13H19BrN2O2/c1-10(2)9-16-13(17)15-7-8-18-12-6-4-3-5-11(12)14/h3-6,10H,7-9H2,1-2H3,(H2,15,16,17). The number of urea groups is 1. The van der Waals surface area contributed by atoms with Crippen LogP contribution in [-0.2, 0) is 0 Å². The molecule has 1 aromatic rings. The fraction of sp³-hybridized carbons (Fsp3) is 0.462. The van der Waals surface area contributed by atoms with Gasteiger partial charge in [-0.25, -0.2) is 4.79 Å². The molecular weight excluding hydrogens is 296 g/mol. The first-order chi connectivity index (χ1) is 8.59. The van der Waals surface area contributed by atoms with E-state index in [9.17, 15) is 4.79 Å². The lowest BCUT2D eigenvalue weighted by atomic mass is 10.2. The molecule has 0 aliphatic rings. The Morgan fingerprint density at radius 3 is 2.72 bits per heavy atom. The number of halogens is 1. The summed E-state index contributed by atoms with van der Waals surface area (Å²) in [5.74, 6) is 1.23. The van der Waals surface area contributed by atoms with Crippen molar-refractivity contribution in [1.29, 1.82) is 0 Å². The van der Waals surface area contributed by atoms with E-state index >= 15 is 0 Å². The van der Waals surface area contributed by atoms with E-state index in [2.05, 4.69) is 40.4 Å². The maximum absolute atomic E-state index is 11.3. The Labute approximate surface area is 116 Å². The first kappa shape index (κ1) is 14.8. The lowest BCUT2D eigenvalue weighted by molar-refractivity contribution is 0.235. The smallest absolute Gasteiger partial charge is 0.314 e. The zero-order chi connectivity index (χ0) is 13.4. The second kappa shape index (κ2) is 7.97. The van der Waals surface area contributed by atoms with Crippen LogP contribution in [0.4, 0.5) is 4.79 Å². The first-order valence-corrected chi connectivity index (χ1v) is 6.78. The van der Waals surface area contributed by atoms with Crippen molar-refractivity contribution in [3.8, 4) is 5.75 Å². The molecule has 0 saturated heterocycles. The third-order valence-corrected chi connectivity index (χ3v) is 2.81. The van der Waals surface area contributed by atoms with E-state index < -0.39 is 0 Å². The van der Waals surface area contributed by atoms with E-state index in [1.807, 2.05) is 24.3 Å². The van der Waals surface area contributed by atoms with Gasteiger partial charge in [-0.1, -0.05) is 26.0 Å². The number of nitrogens with one attached hydrogen (secondary N) is 2. The highest BCUT2D eigenvalue weighted by Crippen LogP contribution is 2.23. The molecule has 0 aromatic heterocycles. The molecule has 0 aliphatic heterocycles. The van der Waals surface area contributed by atoms with Crippen LogP contribution in [0.1, 0.15) is 13.8 Å². The predicted molar refractivity (Wildman–Crippen MR) is 75.9 cm³/mol. The van der Waals surface area contributed by atoms with E-state index in [4.69, 9.17) is 4.74 Å². The van der Waals surface area contributed by atoms with Crippen molar-refractivity contribution < 1.29 is 9.53 Å². The van der Waals surface area contributed by atoms with Gasteiger partial charge in [0.15, 0.2) is 0 Å². The van der Waals surface area contributed by atoms with Crippen molar-refractivity contribution in [1.82, 2.24) is 10.6 Å². The van der Waals surface area contributed by atoms with E-state index in [0.717, 1.165) is 10.2 Å². The Morgan fingerprint density at radius 1 is 1.33 bits per heavy atom. The van der Waals surface area contributed by atoms with Crippen molar-refractivity contribution in [3.05, 3.63) is 28.7 Å². The summed E-state index contributed by atoms with van der Waals surface area (Å²) in [5, 5.41) is 5.51. The molecule has 5 heteroatoms. The van der Waals surface area contributed by atoms with Crippen LogP contribution in [0.5, 0.6) is 5.75 Å². The molecule has 0 radical (unpaired) electrons. The molecule has 0 bridgehead atoms. The van der Waals surface area contributed by atoms with Gasteiger partial charge in [0.05, 0.1) is 11.0 Å². The van der Waals surface area contributed by atoms with Crippen LogP contribution < -0.4 is 15.4 Å². The fourth-order valence-electron chi connectivity index (χ4n) is 1.25. The van der Waals surface area contributed by atoms with E-state index in [1.165, 1.54) is 0 Å². The third-order valence-electron chi connectivity index (χ3n) is 2.15. The molecule has 0 heterocycles. The minimum Gasteiger partial charge on any atom is -0.491 e. The average Bonchev–Trinajstić information content (AvgIpc) is 2.34. The normalized spacial score (nSPS) is 10.2. The topological polar surface area (TPSA) is 50.4 Å². The molecule has 100 valence electrons. The Hall–Kier alpha value is -1.23. The quantitative estimate of drug-likeness (QED) is 0.793. The van der Waals surface area contributed by atoms with E-state index in [0.29, 0.717) is 25.6 Å². The molecule has 0 aliphatic carbocycles. The number of para-hydroxylation sites is 1. The summed E-state index contributed by atoms with van der Waals surface area (Å²) in [6.07, 6.45) is 0. The lowest BCUT2D eigenvalue weighted by Crippen LogP contribution is -2.39. The molecule has 0 spiro atoms. The molecule has 0 atom stereocenters. The summed E-state index contributed by atoms with van der Waals surface area (Å²) in [7, 11) is 0. The summed E-state index contributed by atoms with van der Waals surface area (Å²) in [6.45, 7) is 5.70. The van der Waals surface area contributed by atoms with E-state index in [-0.39, 0.29) is 6.03 Å². The Morgan fingerprint density at radius 2 is 2.06 bits per heavy atom. The van der Waals surface area contributed by atoms with Gasteiger partial charge in [-0.3, -0.25) is 0 Å². The first-order valence-electron chi connectivity index (χ1n) is 5.98. The summed E-state index contributed by atoms with van der Waals surface area (Å²) >= 11 is 3.39. The molecule has 0 fully saturated rings. The highest BCUT2D eigenvalue weighted by Gasteiger charge is 2.02. The van der Waals surface area contributed by atoms with Gasteiger partial charge in [0.1, 0.15) is 12.4 Å². The lowest BCUT2D eigenvalue weighted by Gasteiger charge is -2.10. The number of carbonyl (C=O) groups excluding carboxylic acids is 1. The number of hydrogen-bond acceptors (Lipinski definition) is 2. The number of carbonyl (C=O) groups is 1. The Kier molecular flexibility index (Phi) is 6.57. The van der Waals surface area contributed by atoms with Crippen LogP contribution >= 0.6 is 15.9 Å². The van der Waals surface area contributed by atoms with E-state index in [1.54, 1.807) is 0 Å². The van der Waals surface area contributed by atoms with Gasteiger partial charge in [-0.15, -0.1) is 0 Å². The Balaban J connectivity index is 2.15. The maximum atomic E-state index is 11.3. The summed E-state index contributed by atoms with van der Waals surface area (Å²) < 4.78 is 6.43. The summed E-state index contributed by atoms with van der Waals surface area (Å²) in [5.41, 5.74) is 0. The molecule has 0 unspecified atom stereocenters. The average molecular weight is 315 g/mol. The fourth-order valence-corrected chi connectivity index (χ4v) is 1.65. The second-order valence-corrected chi connectivity index (χ2v) is 5.16. The van der Waals surface area contributed by atoms with Crippen molar-refractivity contribution in [2.75, 3.05) is 19.7 Å². The van der Waals surface area contributed by atoms with Gasteiger partial charge in [0.25, 0.3) is 0 Å². The number of ether oxygens (including phenoxy) is 1. The van der Waals surface area contributed by atoms with Gasteiger partial charge in [0.2, 0.25) is 0 Å². The highest BCUT2D eigenvalue weighted by atomic mass is 79.9. The summed E-state index contributed by atoms with van der Waals surface area (Å²) in [4.78, 5) is 11.3. The van der Waals surface area contributed by atoms with Crippen LogP contribution in [0.25, 0.3) is 0 Å². The van der Waals surface area contributed by atoms with Gasteiger partial charge in [-0.2, -0.15) is 0 Å². The molecular formula is C13H19BrN2O2. The van der Waals surface area contributed by atoms with Crippen LogP contribution in [0.2, 0.25) is 0 Å². The van der Waals surface area contributed by atoms with Gasteiger partial charge in [0, 0.05) is 6.54 Å². The van der Waals surface area contributed by atoms with Crippen molar-refractivity contribution in [2.45, 2.75) is 13.8 Å². The molecule has 4 nitrogen and oxygen atoms in total. The number of hydrogen-bond donors (Lipinski definition) is 2. The minimum absolute atomic E-state index is 0.153. The van der Waals surface area contributed by atoms with Gasteiger partial charge >= 0.3 is 6.03 Å². The molecule has 2 N–H and O–H groups in total. The summed E-state index contributed by atoms with van der Waals surface area (Å²) in [6, 6.07) is 7.47. The SMILES string of the molecule is CC(C)CNC(=O)NCCOc1ccccc1Br. The zero-order valence-corrected chi connectivity index (χ0v) is 12.3. The van der Waals surface area contributed by atoms with Crippen LogP contribution in [0.15, 0.2) is 28.7 Å². The second-order valence-electron chi connectivity index (χ2n) is 4.31. The third kappa shape index (κ3) is 5.91. The number of benzene rings is 1. The molecule has 0 saturated carbocycles. The highest BCUT2D eigenvalue weighted by molar-refractivity contribution is 9.10. The van der Waals surface area contributed by atoms with Crippen molar-refractivity contribution in [2.24, 2.45) is 5.92 Å². The monoisotopic (exact) mass is 314 g/mol. The van der Waals surface area contributed by atoms with Crippen LogP contribution in [0, 0.1) is 5.92 Å². The maximum Gasteiger partial charge on any atom is 0.314 e. The molecule has 18 heavy (non-hydrogen) atoms. The van der Waals surface area contributed by atoms with Crippen LogP contribution in [0.3, 0.4) is 0 Å². The molecule has 1 rings (SSSR count). The number of rotatable bonds is 6. The molecule has 1 aromatic carbocycles. The zero-order valence-electron chi connectivity index (χ0n) is 10.7. The Bertz CT molecular complexity index is 383. The van der Waals surface area contributed by atoms with Gasteiger partial charge < -0.3 is 15.4 Å². The van der Waals surface area contributed by atoms with Crippen LogP contribution in [-0.4, -0.2) is 25.7 Å². The van der Waals surface area contributed by atoms with Crippen molar-refractivity contribution in [3.63, 3.8) is 0 Å². The number of amides is 2. The van der Waals surface area contributed by atoms with Gasteiger partial charge in [-0.05, 0) is 34.0 Å².